The number of aliphatic hydroxyl groups is 2. The van der Waals surface area contributed by atoms with Crippen molar-refractivity contribution in [2.45, 2.75) is 112 Å². The van der Waals surface area contributed by atoms with Gasteiger partial charge in [-0.1, -0.05) is 235 Å². The number of hydrogen-bond acceptors (Lipinski definition) is 8. The molecule has 590 valence electrons. The van der Waals surface area contributed by atoms with Crippen molar-refractivity contribution in [1.82, 2.24) is 19.9 Å². The van der Waals surface area contributed by atoms with Gasteiger partial charge in [-0.25, -0.2) is 9.97 Å². The SMILES string of the molecule is COc1c2c(c(OC)c3ccc(C(=O)Nc4ccc(-c5c6nc(c(-c7ccc(C)cc7)c7ccc([nH]7)c(-c7ccc(NC(=O)c8ccc(/C=C/C(C)=C/C=C/C(C)=C/C=C/C=C(C)/C=C/C=C(C)/C=C/C9=C(C)CCCC9(C)C)cc8)cc7)c7nc(c(-c8ccc(C)cc8)c8ccc5[nH]8)C=C7)C=C6)cc4)cc13)[C@@H]1C[C@H]2[C@H]2[C@@H]1[C@H](O)C=C[C@H]2O. The molecule has 12 nitrogen and oxygen atoms in total. The van der Waals surface area contributed by atoms with Crippen molar-refractivity contribution >= 4 is 86.4 Å². The summed E-state index contributed by atoms with van der Waals surface area (Å²) in [5.41, 5.74) is 29.1. The van der Waals surface area contributed by atoms with Gasteiger partial charge >= 0.3 is 0 Å². The predicted octanol–water partition coefficient (Wildman–Crippen LogP) is 25.3. The number of fused-ring (bicyclic) bond motifs is 17. The van der Waals surface area contributed by atoms with E-state index in [4.69, 9.17) is 19.4 Å². The molecule has 0 unspecified atom stereocenters. The molecule has 2 amide bonds. The van der Waals surface area contributed by atoms with Crippen molar-refractivity contribution in [3.05, 3.63) is 350 Å². The number of aromatic nitrogens is 4. The largest absolute Gasteiger partial charge is 0.496 e. The van der Waals surface area contributed by atoms with Crippen LogP contribution in [0.2, 0.25) is 0 Å². The molecule has 2 aliphatic heterocycles. The van der Waals surface area contributed by atoms with Gasteiger partial charge in [-0.05, 0) is 228 Å². The Balaban J connectivity index is 0.651. The number of methoxy groups -OCH3 is 2. The van der Waals surface area contributed by atoms with Crippen molar-refractivity contribution in [3.63, 3.8) is 0 Å². The number of aromatic amines is 2. The fourth-order valence-electron chi connectivity index (χ4n) is 18.2. The van der Waals surface area contributed by atoms with Crippen LogP contribution in [-0.4, -0.2) is 68.4 Å². The second-order valence-corrected chi connectivity index (χ2v) is 32.9. The van der Waals surface area contributed by atoms with E-state index < -0.39 is 12.2 Å². The van der Waals surface area contributed by atoms with E-state index in [0.29, 0.717) is 34.0 Å². The van der Waals surface area contributed by atoms with Crippen molar-refractivity contribution in [2.24, 2.45) is 17.3 Å². The number of amides is 2. The van der Waals surface area contributed by atoms with Gasteiger partial charge in [-0.2, -0.15) is 0 Å². The first kappa shape index (κ1) is 78.9. The summed E-state index contributed by atoms with van der Waals surface area (Å²) in [6.45, 7) is 19.6. The fraction of sp³-hybridized carbons (Fsp3) is 0.208. The van der Waals surface area contributed by atoms with Crippen LogP contribution in [0.3, 0.4) is 0 Å². The second-order valence-electron chi connectivity index (χ2n) is 32.9. The lowest BCUT2D eigenvalue weighted by Gasteiger charge is -2.40. The van der Waals surface area contributed by atoms with E-state index in [1.165, 1.54) is 41.6 Å². The quantitative estimate of drug-likeness (QED) is 0.0323. The lowest BCUT2D eigenvalue weighted by molar-refractivity contribution is 0.0334. The Labute approximate surface area is 691 Å². The zero-order valence-corrected chi connectivity index (χ0v) is 68.8. The summed E-state index contributed by atoms with van der Waals surface area (Å²) < 4.78 is 12.4. The molecule has 5 heterocycles. The number of benzene rings is 7. The van der Waals surface area contributed by atoms with Crippen LogP contribution in [0.5, 0.6) is 11.5 Å². The number of nitrogens with one attached hydrogen (secondary N) is 4. The first-order chi connectivity index (χ1) is 57.1. The monoisotopic (exact) mass is 1550 g/mol. The maximum Gasteiger partial charge on any atom is 0.255 e. The summed E-state index contributed by atoms with van der Waals surface area (Å²) in [5.74, 6) is 0.510. The number of allylic oxidation sites excluding steroid dienone is 19. The first-order valence-electron chi connectivity index (χ1n) is 40.9. The van der Waals surface area contributed by atoms with Crippen molar-refractivity contribution in [1.29, 1.82) is 0 Å². The van der Waals surface area contributed by atoms with Gasteiger partial charge in [0.25, 0.3) is 11.8 Å². The fourth-order valence-corrected chi connectivity index (χ4v) is 18.2. The number of rotatable bonds is 20. The molecule has 1 fully saturated rings. The Morgan fingerprint density at radius 1 is 0.466 bits per heavy atom. The topological polar surface area (TPSA) is 174 Å². The van der Waals surface area contributed by atoms with Crippen LogP contribution in [0.1, 0.15) is 157 Å². The average Bonchev–Trinajstić information content (AvgIpc) is 1.52. The molecule has 0 saturated heterocycles. The molecule has 12 heteroatoms. The minimum absolute atomic E-state index is 0.0133. The number of ether oxygens (including phenoxy) is 2. The van der Waals surface area contributed by atoms with E-state index in [1.807, 2.05) is 91.0 Å². The lowest BCUT2D eigenvalue weighted by atomic mass is 9.67. The zero-order valence-electron chi connectivity index (χ0n) is 68.8. The number of carbonyl (C=O) groups is 2. The van der Waals surface area contributed by atoms with Gasteiger partial charge in [-0.15, -0.1) is 0 Å². The van der Waals surface area contributed by atoms with Gasteiger partial charge in [0.05, 0.1) is 49.2 Å². The third-order valence-corrected chi connectivity index (χ3v) is 24.2. The highest BCUT2D eigenvalue weighted by Crippen LogP contribution is 2.67. The molecule has 118 heavy (non-hydrogen) atoms. The molecule has 3 aromatic heterocycles. The molecule has 6 N–H and O–H groups in total. The highest BCUT2D eigenvalue weighted by molar-refractivity contribution is 6.09. The molecule has 10 aromatic rings. The van der Waals surface area contributed by atoms with Crippen LogP contribution in [0, 0.1) is 31.1 Å². The minimum atomic E-state index is -0.689. The molecule has 4 aliphatic carbocycles. The van der Waals surface area contributed by atoms with E-state index in [1.54, 1.807) is 26.4 Å². The molecule has 0 radical (unpaired) electrons. The highest BCUT2D eigenvalue weighted by Gasteiger charge is 2.58. The molecular weight excluding hydrogens is 1450 g/mol. The summed E-state index contributed by atoms with van der Waals surface area (Å²) in [6.07, 6.45) is 44.7. The number of nitrogens with zero attached hydrogens (tertiary/aromatic N) is 2. The van der Waals surface area contributed by atoms with E-state index in [2.05, 4.69) is 265 Å². The minimum Gasteiger partial charge on any atom is -0.496 e. The summed E-state index contributed by atoms with van der Waals surface area (Å²) in [7, 11) is 3.32. The van der Waals surface area contributed by atoms with E-state index in [-0.39, 0.29) is 40.9 Å². The Hall–Kier alpha value is -13.0. The van der Waals surface area contributed by atoms with Crippen molar-refractivity contribution in [3.8, 4) is 56.0 Å². The third-order valence-electron chi connectivity index (χ3n) is 24.2. The van der Waals surface area contributed by atoms with Gasteiger partial charge in [0, 0.05) is 101 Å². The maximum absolute atomic E-state index is 14.5. The van der Waals surface area contributed by atoms with Crippen LogP contribution < -0.4 is 20.1 Å². The Kier molecular flexibility index (Phi) is 22.5. The van der Waals surface area contributed by atoms with Gasteiger partial charge in [0.1, 0.15) is 11.5 Å². The summed E-state index contributed by atoms with van der Waals surface area (Å²) in [5, 5.41) is 30.4. The van der Waals surface area contributed by atoms with Crippen LogP contribution in [0.4, 0.5) is 11.4 Å². The molecule has 0 spiro atoms. The molecule has 6 aliphatic rings. The normalized spacial score (nSPS) is 19.1. The van der Waals surface area contributed by atoms with Gasteiger partial charge in [0.2, 0.25) is 0 Å². The molecular formula is C106H100N6O6. The van der Waals surface area contributed by atoms with Crippen LogP contribution in [-0.2, 0) is 0 Å². The number of carbonyl (C=O) groups excluding carboxylic acids is 2. The Morgan fingerprint density at radius 2 is 0.856 bits per heavy atom. The second kappa shape index (κ2) is 33.7. The van der Waals surface area contributed by atoms with Crippen LogP contribution in [0.25, 0.3) is 108 Å². The van der Waals surface area contributed by atoms with E-state index in [9.17, 15) is 19.8 Å². The maximum atomic E-state index is 14.5. The zero-order chi connectivity index (χ0) is 82.0. The number of hydrogen-bond donors (Lipinski definition) is 6. The smallest absolute Gasteiger partial charge is 0.255 e. The summed E-state index contributed by atoms with van der Waals surface area (Å²) in [4.78, 5) is 47.3. The Morgan fingerprint density at radius 3 is 1.29 bits per heavy atom. The number of aliphatic hydroxyl groups excluding tert-OH is 2. The average molecular weight is 1550 g/mol. The number of anilines is 2. The van der Waals surface area contributed by atoms with E-state index in [0.717, 1.165) is 146 Å². The van der Waals surface area contributed by atoms with Gasteiger partial charge in [-0.3, -0.25) is 9.59 Å². The number of aryl methyl sites for hydroxylation is 2. The highest BCUT2D eigenvalue weighted by atomic mass is 16.5. The first-order valence-corrected chi connectivity index (χ1v) is 40.9. The van der Waals surface area contributed by atoms with Gasteiger partial charge < -0.3 is 40.3 Å². The molecule has 7 aromatic carbocycles. The molecule has 6 atom stereocenters. The van der Waals surface area contributed by atoms with Crippen LogP contribution in [0.15, 0.2) is 288 Å². The van der Waals surface area contributed by atoms with Gasteiger partial charge in [0.15, 0.2) is 0 Å². The number of H-pyrrole nitrogens is 2. The van der Waals surface area contributed by atoms with Crippen LogP contribution >= 0.6 is 0 Å². The van der Waals surface area contributed by atoms with E-state index >= 15 is 0 Å². The molecule has 10 bridgehead atoms. The standard InChI is InChI=1S/C106H100N6O6/c1-63(17-12-13-18-64(2)20-15-22-66(4)29-49-83-69(7)23-16-60-106(83,8)9)19-14-21-65(3)24-30-70-31-37-75(38-32-70)104(115)107-77-44-39-73(40-45-77)96-88-54-50-84(109-88)94(71-33-25-67(5)26-34-71)86-52-56-90(111-86)97(91-57-53-87(112-91)95(85-51-55-89(96)110-85)72-35-27-68(6)28-36-72)74-41-46-78(47-42-74)108-105(116)76-43-48-79-80(61-76)103(118-11)101-82-62-81(100(101)102(79)117-10)98-92(113)58-59-93(114)99(82)98/h12-15,17-22,24-59,61,81-82,92-93,98-99,109,112-114H,16,23,60,62H2,1-11H3,(H,107,115)(H,108,116)/b13-12+,19-14+,20-15+,30-24+,49-29+,63-17+,64-18+,65-21+,66-22+,94-84?,94-86?,95-85?,95-87?,96-88?,96-89?,97-90?,97-91?/t81-,82+,92-,93-,98+,99-/m1/s1. The Bertz CT molecular complexity index is 6210. The summed E-state index contributed by atoms with van der Waals surface area (Å²) >= 11 is 0. The molecule has 1 saturated carbocycles. The predicted molar refractivity (Wildman–Crippen MR) is 489 cm³/mol. The van der Waals surface area contributed by atoms with Crippen molar-refractivity contribution < 1.29 is 29.3 Å². The third kappa shape index (κ3) is 16.2. The van der Waals surface area contributed by atoms with Crippen molar-refractivity contribution in [2.75, 3.05) is 24.9 Å². The lowest BCUT2D eigenvalue weighted by Crippen LogP contribution is -2.40. The molecule has 16 rings (SSSR count). The summed E-state index contributed by atoms with van der Waals surface area (Å²) in [6, 6.07) is 54.6.